The van der Waals surface area contributed by atoms with Crippen molar-refractivity contribution in [2.75, 3.05) is 6.61 Å². The molecule has 0 bridgehead atoms. The molecule has 1 aliphatic rings. The molecule has 0 aliphatic heterocycles. The van der Waals surface area contributed by atoms with Crippen LogP contribution in [0, 0.1) is 6.92 Å². The molecule has 1 aliphatic carbocycles. The van der Waals surface area contributed by atoms with Gasteiger partial charge in [0.25, 0.3) is 5.91 Å². The maximum Gasteiger partial charge on any atom is 0.338 e. The number of ether oxygens (including phenoxy) is 1. The Hall–Kier alpha value is -1.84. The number of esters is 1. The van der Waals surface area contributed by atoms with E-state index in [4.69, 9.17) is 4.74 Å². The van der Waals surface area contributed by atoms with Crippen LogP contribution in [-0.2, 0) is 9.53 Å². The Morgan fingerprint density at radius 3 is 2.70 bits per heavy atom. The zero-order chi connectivity index (χ0) is 14.4. The molecule has 0 heterocycles. The number of carbonyl (C=O) groups excluding carboxylic acids is 2. The molecule has 1 fully saturated rings. The summed E-state index contributed by atoms with van der Waals surface area (Å²) in [5.41, 5.74) is 1.47. The van der Waals surface area contributed by atoms with Gasteiger partial charge in [0.1, 0.15) is 0 Å². The molecule has 1 aromatic rings. The van der Waals surface area contributed by atoms with Gasteiger partial charge < -0.3 is 10.1 Å². The standard InChI is InChI=1S/C16H21NO3/c1-12-6-5-7-13(10-12)16(19)20-11-15(18)17-14-8-3-2-4-9-14/h5-7,10,14H,2-4,8-9,11H2,1H3,(H,17,18). The number of hydrogen-bond acceptors (Lipinski definition) is 3. The fraction of sp³-hybridized carbons (Fsp3) is 0.500. The van der Waals surface area contributed by atoms with Crippen molar-refractivity contribution in [3.05, 3.63) is 35.4 Å². The van der Waals surface area contributed by atoms with E-state index in [1.165, 1.54) is 6.42 Å². The molecule has 1 saturated carbocycles. The second-order valence-electron chi connectivity index (χ2n) is 5.35. The molecule has 0 saturated heterocycles. The van der Waals surface area contributed by atoms with Gasteiger partial charge in [0, 0.05) is 6.04 Å². The molecular formula is C16H21NO3. The molecule has 1 aromatic carbocycles. The average molecular weight is 275 g/mol. The molecular weight excluding hydrogens is 254 g/mol. The highest BCUT2D eigenvalue weighted by Gasteiger charge is 2.16. The Labute approximate surface area is 119 Å². The van der Waals surface area contributed by atoms with Crippen LogP contribution in [0.4, 0.5) is 0 Å². The van der Waals surface area contributed by atoms with Crippen molar-refractivity contribution in [1.82, 2.24) is 5.32 Å². The number of carbonyl (C=O) groups is 2. The predicted molar refractivity (Wildman–Crippen MR) is 76.5 cm³/mol. The summed E-state index contributed by atoms with van der Waals surface area (Å²) in [6.07, 6.45) is 5.62. The van der Waals surface area contributed by atoms with Gasteiger partial charge in [-0.05, 0) is 31.9 Å². The summed E-state index contributed by atoms with van der Waals surface area (Å²) in [5.74, 6) is -0.662. The van der Waals surface area contributed by atoms with Crippen LogP contribution in [0.2, 0.25) is 0 Å². The number of hydrogen-bond donors (Lipinski definition) is 1. The highest BCUT2D eigenvalue weighted by molar-refractivity contribution is 5.91. The van der Waals surface area contributed by atoms with Gasteiger partial charge in [-0.25, -0.2) is 4.79 Å². The van der Waals surface area contributed by atoms with Crippen molar-refractivity contribution in [3.63, 3.8) is 0 Å². The van der Waals surface area contributed by atoms with Crippen LogP contribution in [0.1, 0.15) is 48.0 Å². The zero-order valence-corrected chi connectivity index (χ0v) is 11.9. The topological polar surface area (TPSA) is 55.4 Å². The number of rotatable bonds is 4. The minimum atomic E-state index is -0.451. The van der Waals surface area contributed by atoms with Gasteiger partial charge in [-0.15, -0.1) is 0 Å². The third-order valence-electron chi connectivity index (χ3n) is 3.56. The van der Waals surface area contributed by atoms with E-state index >= 15 is 0 Å². The van der Waals surface area contributed by atoms with Crippen molar-refractivity contribution < 1.29 is 14.3 Å². The second kappa shape index (κ2) is 7.08. The first-order valence-electron chi connectivity index (χ1n) is 7.18. The molecule has 0 unspecified atom stereocenters. The summed E-state index contributed by atoms with van der Waals surface area (Å²) >= 11 is 0. The molecule has 0 radical (unpaired) electrons. The van der Waals surface area contributed by atoms with Gasteiger partial charge in [-0.3, -0.25) is 4.79 Å². The fourth-order valence-electron chi connectivity index (χ4n) is 2.50. The van der Waals surface area contributed by atoms with E-state index in [9.17, 15) is 9.59 Å². The smallest absolute Gasteiger partial charge is 0.338 e. The summed E-state index contributed by atoms with van der Waals surface area (Å²) in [5, 5.41) is 2.92. The van der Waals surface area contributed by atoms with Crippen LogP contribution in [-0.4, -0.2) is 24.5 Å². The van der Waals surface area contributed by atoms with E-state index in [-0.39, 0.29) is 18.6 Å². The van der Waals surface area contributed by atoms with Crippen LogP contribution >= 0.6 is 0 Å². The quantitative estimate of drug-likeness (QED) is 0.859. The molecule has 0 spiro atoms. The van der Waals surface area contributed by atoms with E-state index in [1.54, 1.807) is 18.2 Å². The van der Waals surface area contributed by atoms with Gasteiger partial charge in [0.15, 0.2) is 6.61 Å². The summed E-state index contributed by atoms with van der Waals surface area (Å²) in [6.45, 7) is 1.70. The van der Waals surface area contributed by atoms with E-state index < -0.39 is 5.97 Å². The molecule has 4 nitrogen and oxygen atoms in total. The van der Waals surface area contributed by atoms with Gasteiger partial charge in [0.05, 0.1) is 5.56 Å². The molecule has 1 amide bonds. The Bertz CT molecular complexity index is 478. The van der Waals surface area contributed by atoms with Crippen molar-refractivity contribution in [3.8, 4) is 0 Å². The summed E-state index contributed by atoms with van der Waals surface area (Å²) in [6, 6.07) is 7.39. The Balaban J connectivity index is 1.76. The lowest BCUT2D eigenvalue weighted by atomic mass is 9.95. The third-order valence-corrected chi connectivity index (χ3v) is 3.56. The summed E-state index contributed by atoms with van der Waals surface area (Å²) < 4.78 is 5.04. The fourth-order valence-corrected chi connectivity index (χ4v) is 2.50. The number of benzene rings is 1. The van der Waals surface area contributed by atoms with Gasteiger partial charge >= 0.3 is 5.97 Å². The molecule has 0 aromatic heterocycles. The minimum absolute atomic E-state index is 0.205. The maximum atomic E-state index is 11.8. The van der Waals surface area contributed by atoms with Gasteiger partial charge in [0.2, 0.25) is 0 Å². The lowest BCUT2D eigenvalue weighted by Gasteiger charge is -2.22. The minimum Gasteiger partial charge on any atom is -0.452 e. The predicted octanol–water partition coefficient (Wildman–Crippen LogP) is 2.60. The summed E-state index contributed by atoms with van der Waals surface area (Å²) in [4.78, 5) is 23.5. The van der Waals surface area contributed by atoms with Crippen molar-refractivity contribution in [2.45, 2.75) is 45.1 Å². The number of aryl methyl sites for hydroxylation is 1. The second-order valence-corrected chi connectivity index (χ2v) is 5.35. The monoisotopic (exact) mass is 275 g/mol. The number of nitrogens with one attached hydrogen (secondary N) is 1. The lowest BCUT2D eigenvalue weighted by molar-refractivity contribution is -0.125. The lowest BCUT2D eigenvalue weighted by Crippen LogP contribution is -2.38. The van der Waals surface area contributed by atoms with Crippen LogP contribution in [0.15, 0.2) is 24.3 Å². The summed E-state index contributed by atoms with van der Waals surface area (Å²) in [7, 11) is 0. The van der Waals surface area contributed by atoms with Gasteiger partial charge in [-0.2, -0.15) is 0 Å². The highest BCUT2D eigenvalue weighted by Crippen LogP contribution is 2.17. The van der Waals surface area contributed by atoms with Crippen molar-refractivity contribution in [1.29, 1.82) is 0 Å². The Morgan fingerprint density at radius 1 is 1.25 bits per heavy atom. The maximum absolute atomic E-state index is 11.8. The van der Waals surface area contributed by atoms with Crippen molar-refractivity contribution in [2.24, 2.45) is 0 Å². The molecule has 20 heavy (non-hydrogen) atoms. The number of amides is 1. The van der Waals surface area contributed by atoms with E-state index in [2.05, 4.69) is 5.32 Å². The molecule has 4 heteroatoms. The largest absolute Gasteiger partial charge is 0.452 e. The first-order valence-corrected chi connectivity index (χ1v) is 7.18. The molecule has 108 valence electrons. The normalized spacial score (nSPS) is 15.7. The van der Waals surface area contributed by atoms with E-state index in [0.717, 1.165) is 31.2 Å². The van der Waals surface area contributed by atoms with Gasteiger partial charge in [-0.1, -0.05) is 37.0 Å². The van der Waals surface area contributed by atoms with E-state index in [1.807, 2.05) is 13.0 Å². The molecule has 2 rings (SSSR count). The Kier molecular flexibility index (Phi) is 5.16. The van der Waals surface area contributed by atoms with Crippen LogP contribution in [0.25, 0.3) is 0 Å². The van der Waals surface area contributed by atoms with Crippen LogP contribution < -0.4 is 5.32 Å². The highest BCUT2D eigenvalue weighted by atomic mass is 16.5. The molecule has 1 N–H and O–H groups in total. The van der Waals surface area contributed by atoms with E-state index in [0.29, 0.717) is 5.56 Å². The first-order chi connectivity index (χ1) is 9.65. The van der Waals surface area contributed by atoms with Crippen LogP contribution in [0.3, 0.4) is 0 Å². The van der Waals surface area contributed by atoms with Crippen molar-refractivity contribution >= 4 is 11.9 Å². The third kappa shape index (κ3) is 4.37. The van der Waals surface area contributed by atoms with Crippen LogP contribution in [0.5, 0.6) is 0 Å². The zero-order valence-electron chi connectivity index (χ0n) is 11.9. The Morgan fingerprint density at radius 2 is 2.00 bits per heavy atom. The SMILES string of the molecule is Cc1cccc(C(=O)OCC(=O)NC2CCCCC2)c1. The molecule has 0 atom stereocenters. The first kappa shape index (κ1) is 14.6. The average Bonchev–Trinajstić information content (AvgIpc) is 2.46.